The minimum absolute atomic E-state index is 0.000783. The van der Waals surface area contributed by atoms with Crippen LogP contribution in [-0.2, 0) is 11.2 Å². The molecule has 124 valence electrons. The molecule has 2 aromatic carbocycles. The molecule has 0 saturated heterocycles. The minimum atomic E-state index is 0.000783. The minimum Gasteiger partial charge on any atom is -0.508 e. The van der Waals surface area contributed by atoms with E-state index in [4.69, 9.17) is 11.6 Å². The molecule has 3 nitrogen and oxygen atoms in total. The number of benzene rings is 2. The molecule has 0 unspecified atom stereocenters. The van der Waals surface area contributed by atoms with Gasteiger partial charge in [0.25, 0.3) is 0 Å². The van der Waals surface area contributed by atoms with Crippen LogP contribution >= 0.6 is 11.6 Å². The zero-order chi connectivity index (χ0) is 16.7. The number of hydrogen-bond acceptors (Lipinski definition) is 2. The number of amides is 1. The molecule has 24 heavy (non-hydrogen) atoms. The van der Waals surface area contributed by atoms with Crippen molar-refractivity contribution in [3.8, 4) is 5.75 Å². The maximum atomic E-state index is 12.6. The Kier molecular flexibility index (Phi) is 3.97. The third-order valence-electron chi connectivity index (χ3n) is 5.23. The van der Waals surface area contributed by atoms with Crippen molar-refractivity contribution in [3.05, 3.63) is 64.2 Å². The quantitative estimate of drug-likeness (QED) is 0.872. The summed E-state index contributed by atoms with van der Waals surface area (Å²) >= 11 is 6.25. The summed E-state index contributed by atoms with van der Waals surface area (Å²) in [5.74, 6) is 0.673. The lowest BCUT2D eigenvalue weighted by Crippen LogP contribution is -2.32. The largest absolute Gasteiger partial charge is 0.508 e. The number of rotatable bonds is 3. The summed E-state index contributed by atoms with van der Waals surface area (Å²) in [6.07, 6.45) is 3.63. The predicted molar refractivity (Wildman–Crippen MR) is 94.2 cm³/mol. The van der Waals surface area contributed by atoms with Gasteiger partial charge in [-0.3, -0.25) is 4.79 Å². The fraction of sp³-hybridized carbons (Fsp3) is 0.350. The first-order valence-electron chi connectivity index (χ1n) is 8.50. The molecule has 2 aliphatic rings. The monoisotopic (exact) mass is 341 g/mol. The van der Waals surface area contributed by atoms with Gasteiger partial charge in [0.2, 0.25) is 5.91 Å². The number of carbonyl (C=O) groups is 1. The maximum absolute atomic E-state index is 12.6. The molecule has 0 heterocycles. The average molecular weight is 342 g/mol. The lowest BCUT2D eigenvalue weighted by molar-refractivity contribution is -0.123. The number of carbonyl (C=O) groups excluding carboxylic acids is 1. The molecule has 2 aliphatic carbocycles. The van der Waals surface area contributed by atoms with Gasteiger partial charge >= 0.3 is 0 Å². The van der Waals surface area contributed by atoms with E-state index in [0.29, 0.717) is 5.75 Å². The Morgan fingerprint density at radius 1 is 1.12 bits per heavy atom. The third kappa shape index (κ3) is 2.78. The van der Waals surface area contributed by atoms with Gasteiger partial charge in [0.1, 0.15) is 5.75 Å². The molecule has 4 heteroatoms. The van der Waals surface area contributed by atoms with Gasteiger partial charge in [-0.1, -0.05) is 41.9 Å². The molecule has 0 aliphatic heterocycles. The number of phenols is 1. The van der Waals surface area contributed by atoms with Crippen molar-refractivity contribution in [2.75, 3.05) is 0 Å². The molecule has 0 aromatic heterocycles. The number of hydrogen-bond donors (Lipinski definition) is 2. The van der Waals surface area contributed by atoms with E-state index in [1.807, 2.05) is 36.4 Å². The standard InChI is InChI=1S/C20H20ClNO2/c21-17-8-2-1-5-12(17)15-11-16(15)20(24)22-18-9-3-7-14-13(18)6-4-10-19(14)23/h1-2,4-6,8,10,15-16,18,23H,3,7,9,11H2,(H,22,24)/t15-,16+,18+/m0/s1. The first kappa shape index (κ1) is 15.5. The molecular formula is C20H20ClNO2. The number of aromatic hydroxyl groups is 1. The molecule has 1 amide bonds. The summed E-state index contributed by atoms with van der Waals surface area (Å²) in [6.45, 7) is 0. The van der Waals surface area contributed by atoms with Crippen molar-refractivity contribution in [1.29, 1.82) is 0 Å². The van der Waals surface area contributed by atoms with Crippen molar-refractivity contribution in [3.63, 3.8) is 0 Å². The Hall–Kier alpha value is -2.00. The van der Waals surface area contributed by atoms with Gasteiger partial charge in [-0.25, -0.2) is 0 Å². The number of nitrogens with one attached hydrogen (secondary N) is 1. The lowest BCUT2D eigenvalue weighted by Gasteiger charge is -2.27. The second kappa shape index (κ2) is 6.14. The van der Waals surface area contributed by atoms with E-state index in [1.54, 1.807) is 6.07 Å². The summed E-state index contributed by atoms with van der Waals surface area (Å²) in [5, 5.41) is 14.0. The van der Waals surface area contributed by atoms with Crippen LogP contribution in [0.2, 0.25) is 5.02 Å². The van der Waals surface area contributed by atoms with Crippen LogP contribution in [0.15, 0.2) is 42.5 Å². The molecule has 0 bridgehead atoms. The summed E-state index contributed by atoms with van der Waals surface area (Å²) < 4.78 is 0. The highest BCUT2D eigenvalue weighted by molar-refractivity contribution is 6.31. The Labute approximate surface area is 146 Å². The van der Waals surface area contributed by atoms with E-state index >= 15 is 0 Å². The second-order valence-corrected chi connectivity index (χ2v) is 7.18. The number of phenolic OH excluding ortho intramolecular Hbond substituents is 1. The Balaban J connectivity index is 1.47. The third-order valence-corrected chi connectivity index (χ3v) is 5.58. The van der Waals surface area contributed by atoms with Gasteiger partial charge in [0.15, 0.2) is 0 Å². The van der Waals surface area contributed by atoms with Crippen LogP contribution in [0.4, 0.5) is 0 Å². The van der Waals surface area contributed by atoms with Crippen molar-refractivity contribution < 1.29 is 9.90 Å². The van der Waals surface area contributed by atoms with Gasteiger partial charge < -0.3 is 10.4 Å². The molecular weight excluding hydrogens is 322 g/mol. The second-order valence-electron chi connectivity index (χ2n) is 6.77. The zero-order valence-corrected chi connectivity index (χ0v) is 14.1. The van der Waals surface area contributed by atoms with E-state index in [0.717, 1.165) is 47.4 Å². The van der Waals surface area contributed by atoms with Crippen LogP contribution in [0.5, 0.6) is 5.75 Å². The van der Waals surface area contributed by atoms with Crippen molar-refractivity contribution in [2.45, 2.75) is 37.6 Å². The van der Waals surface area contributed by atoms with Crippen LogP contribution in [0, 0.1) is 5.92 Å². The Bertz CT molecular complexity index is 789. The highest BCUT2D eigenvalue weighted by atomic mass is 35.5. The summed E-state index contributed by atoms with van der Waals surface area (Å²) in [6, 6.07) is 13.3. The number of fused-ring (bicyclic) bond motifs is 1. The molecule has 1 fully saturated rings. The fourth-order valence-corrected chi connectivity index (χ4v) is 4.14. The van der Waals surface area contributed by atoms with Crippen LogP contribution < -0.4 is 5.32 Å². The van der Waals surface area contributed by atoms with Gasteiger partial charge in [0.05, 0.1) is 6.04 Å². The van der Waals surface area contributed by atoms with E-state index in [1.165, 1.54) is 0 Å². The Morgan fingerprint density at radius 3 is 2.75 bits per heavy atom. The topological polar surface area (TPSA) is 49.3 Å². The van der Waals surface area contributed by atoms with E-state index in [-0.39, 0.29) is 23.8 Å². The van der Waals surface area contributed by atoms with Crippen molar-refractivity contribution >= 4 is 17.5 Å². The fourth-order valence-electron chi connectivity index (χ4n) is 3.86. The first-order valence-corrected chi connectivity index (χ1v) is 8.88. The Morgan fingerprint density at radius 2 is 1.92 bits per heavy atom. The van der Waals surface area contributed by atoms with E-state index < -0.39 is 0 Å². The lowest BCUT2D eigenvalue weighted by atomic mass is 9.87. The van der Waals surface area contributed by atoms with E-state index in [9.17, 15) is 9.90 Å². The molecule has 2 aromatic rings. The summed E-state index contributed by atoms with van der Waals surface area (Å²) in [7, 11) is 0. The molecule has 1 saturated carbocycles. The highest BCUT2D eigenvalue weighted by Gasteiger charge is 2.45. The smallest absolute Gasteiger partial charge is 0.224 e. The van der Waals surface area contributed by atoms with Gasteiger partial charge in [-0.05, 0) is 60.4 Å². The molecule has 4 rings (SSSR count). The van der Waals surface area contributed by atoms with E-state index in [2.05, 4.69) is 5.32 Å². The first-order chi connectivity index (χ1) is 11.6. The maximum Gasteiger partial charge on any atom is 0.224 e. The molecule has 2 N–H and O–H groups in total. The van der Waals surface area contributed by atoms with Gasteiger partial charge in [0, 0.05) is 10.9 Å². The van der Waals surface area contributed by atoms with Gasteiger partial charge in [-0.15, -0.1) is 0 Å². The summed E-state index contributed by atoms with van der Waals surface area (Å²) in [4.78, 5) is 12.6. The van der Waals surface area contributed by atoms with Crippen LogP contribution in [0.1, 0.15) is 47.9 Å². The van der Waals surface area contributed by atoms with Crippen molar-refractivity contribution in [2.24, 2.45) is 5.92 Å². The molecule has 3 atom stereocenters. The predicted octanol–water partition coefficient (Wildman–Crippen LogP) is 4.34. The highest BCUT2D eigenvalue weighted by Crippen LogP contribution is 2.50. The van der Waals surface area contributed by atoms with Crippen LogP contribution in [0.25, 0.3) is 0 Å². The molecule has 0 radical (unpaired) electrons. The molecule has 0 spiro atoms. The SMILES string of the molecule is O=C(N[C@@H]1CCCc2c(O)cccc21)[C@@H]1C[C@H]1c1ccccc1Cl. The normalized spacial score (nSPS) is 25.0. The zero-order valence-electron chi connectivity index (χ0n) is 13.3. The van der Waals surface area contributed by atoms with Crippen LogP contribution in [-0.4, -0.2) is 11.0 Å². The number of halogens is 1. The van der Waals surface area contributed by atoms with Crippen LogP contribution in [0.3, 0.4) is 0 Å². The van der Waals surface area contributed by atoms with Gasteiger partial charge in [-0.2, -0.15) is 0 Å². The van der Waals surface area contributed by atoms with Crippen molar-refractivity contribution in [1.82, 2.24) is 5.32 Å². The average Bonchev–Trinajstić information content (AvgIpc) is 3.37. The summed E-state index contributed by atoms with van der Waals surface area (Å²) in [5.41, 5.74) is 3.11.